The average Bonchev–Trinajstić information content (AvgIpc) is 3.26. The minimum Gasteiger partial charge on any atom is -0.497 e. The molecule has 0 aromatic heterocycles. The molecule has 0 bridgehead atoms. The Kier molecular flexibility index (Phi) is 21.1. The first-order chi connectivity index (χ1) is 28.2. The van der Waals surface area contributed by atoms with Crippen LogP contribution in [-0.4, -0.2) is 57.4 Å². The van der Waals surface area contributed by atoms with E-state index in [1.807, 2.05) is 6.07 Å². The van der Waals surface area contributed by atoms with E-state index in [-0.39, 0.29) is 5.97 Å². The van der Waals surface area contributed by atoms with Gasteiger partial charge < -0.3 is 33.2 Å². The number of nitriles is 1. The molecule has 0 radical (unpaired) electrons. The molecule has 12 heteroatoms. The highest BCUT2D eigenvalue weighted by atomic mass is 16.5. The lowest BCUT2D eigenvalue weighted by Gasteiger charge is -2.08. The number of hydrogen-bond donors (Lipinski definition) is 0. The summed E-state index contributed by atoms with van der Waals surface area (Å²) in [4.78, 5) is 46.1. The second kappa shape index (κ2) is 26.9. The number of unbranched alkanes of at least 4 members (excludes halogenated alkanes) is 6. The highest BCUT2D eigenvalue weighted by Crippen LogP contribution is 2.20. The molecule has 0 aliphatic rings. The van der Waals surface area contributed by atoms with Gasteiger partial charge in [-0.1, -0.05) is 13.2 Å². The van der Waals surface area contributed by atoms with Crippen molar-refractivity contribution in [3.63, 3.8) is 0 Å². The maximum atomic E-state index is 12.2. The standard InChI is InChI=1S/C23H23NO5.C23H26O6/c1-2-22(25)28-16-6-4-3-5-15-27-20-13-9-19(10-14-20)23(26)29-21-11-7-18(17-24)8-12-21;1-3-22(24)28-17-7-5-4-6-16-27-20-10-8-18(9-11-20)23(25)29-21-14-12-19(26-2)13-15-21/h2,7-14H,1,3-6,15-16H2;3,8-15H,1,4-7,16-17H2,2H3. The molecule has 0 saturated carbocycles. The summed E-state index contributed by atoms with van der Waals surface area (Å²) in [5, 5.41) is 8.78. The van der Waals surface area contributed by atoms with E-state index in [4.69, 9.17) is 38.4 Å². The number of carbonyl (C=O) groups excluding carboxylic acids is 4. The Morgan fingerprint density at radius 3 is 1.21 bits per heavy atom. The molecule has 0 aliphatic carbocycles. The molecule has 0 fully saturated rings. The first-order valence-corrected chi connectivity index (χ1v) is 18.9. The van der Waals surface area contributed by atoms with Crippen molar-refractivity contribution < 1.29 is 52.3 Å². The van der Waals surface area contributed by atoms with Gasteiger partial charge in [-0.2, -0.15) is 5.26 Å². The van der Waals surface area contributed by atoms with Crippen molar-refractivity contribution in [2.75, 3.05) is 33.5 Å². The summed E-state index contributed by atoms with van der Waals surface area (Å²) in [6.07, 6.45) is 9.62. The molecule has 12 nitrogen and oxygen atoms in total. The third kappa shape index (κ3) is 18.2. The fourth-order valence-corrected chi connectivity index (χ4v) is 4.91. The molecule has 0 heterocycles. The van der Waals surface area contributed by atoms with Crippen molar-refractivity contribution in [3.05, 3.63) is 139 Å². The topological polar surface area (TPSA) is 157 Å². The zero-order valence-corrected chi connectivity index (χ0v) is 32.7. The molecular formula is C46H49NO11. The lowest BCUT2D eigenvalue weighted by atomic mass is 10.2. The second-order valence-corrected chi connectivity index (χ2v) is 12.4. The van der Waals surface area contributed by atoms with Crippen molar-refractivity contribution in [2.45, 2.75) is 51.4 Å². The minimum absolute atomic E-state index is 0.383. The Labute approximate surface area is 339 Å². The highest BCUT2D eigenvalue weighted by molar-refractivity contribution is 5.91. The number of nitrogens with zero attached hydrogens (tertiary/aromatic N) is 1. The molecule has 0 atom stereocenters. The SMILES string of the molecule is C=CC(=O)OCCCCCCOc1ccc(C(=O)Oc2ccc(C#N)cc2)cc1.C=CC(=O)OCCCCCCOc1ccc(C(=O)Oc2ccc(OC)cc2)cc1. The number of benzene rings is 4. The van der Waals surface area contributed by atoms with E-state index in [1.54, 1.807) is 104 Å². The summed E-state index contributed by atoms with van der Waals surface area (Å²) < 4.78 is 36.9. The van der Waals surface area contributed by atoms with Gasteiger partial charge in [0.05, 0.1) is 56.3 Å². The van der Waals surface area contributed by atoms with E-state index < -0.39 is 17.9 Å². The summed E-state index contributed by atoms with van der Waals surface area (Å²) in [6, 6.07) is 28.8. The van der Waals surface area contributed by atoms with Gasteiger partial charge in [-0.25, -0.2) is 19.2 Å². The number of methoxy groups -OCH3 is 1. The van der Waals surface area contributed by atoms with Crippen LogP contribution >= 0.6 is 0 Å². The largest absolute Gasteiger partial charge is 0.497 e. The van der Waals surface area contributed by atoms with Crippen LogP contribution in [0.15, 0.2) is 122 Å². The number of hydrogen-bond acceptors (Lipinski definition) is 12. The fourth-order valence-electron chi connectivity index (χ4n) is 4.91. The average molecular weight is 792 g/mol. The zero-order valence-electron chi connectivity index (χ0n) is 32.7. The smallest absolute Gasteiger partial charge is 0.343 e. The summed E-state index contributed by atoms with van der Waals surface area (Å²) in [5.41, 5.74) is 1.36. The van der Waals surface area contributed by atoms with E-state index >= 15 is 0 Å². The van der Waals surface area contributed by atoms with E-state index in [0.29, 0.717) is 71.9 Å². The lowest BCUT2D eigenvalue weighted by Crippen LogP contribution is -2.08. The third-order valence-corrected chi connectivity index (χ3v) is 8.08. The van der Waals surface area contributed by atoms with E-state index in [2.05, 4.69) is 13.2 Å². The molecule has 0 N–H and O–H groups in total. The van der Waals surface area contributed by atoms with Crippen molar-refractivity contribution >= 4 is 23.9 Å². The van der Waals surface area contributed by atoms with Crippen LogP contribution < -0.4 is 23.7 Å². The molecule has 4 aromatic rings. The van der Waals surface area contributed by atoms with Crippen LogP contribution in [0.4, 0.5) is 0 Å². The molecular weight excluding hydrogens is 743 g/mol. The minimum atomic E-state index is -0.474. The maximum Gasteiger partial charge on any atom is 0.343 e. The van der Waals surface area contributed by atoms with E-state index in [0.717, 1.165) is 63.5 Å². The van der Waals surface area contributed by atoms with Crippen LogP contribution in [0.3, 0.4) is 0 Å². The van der Waals surface area contributed by atoms with Gasteiger partial charge in [-0.05, 0) is 148 Å². The molecule has 0 amide bonds. The Balaban J connectivity index is 0.000000310. The Morgan fingerprint density at radius 1 is 0.500 bits per heavy atom. The number of esters is 4. The van der Waals surface area contributed by atoms with Gasteiger partial charge in [0.2, 0.25) is 0 Å². The highest BCUT2D eigenvalue weighted by Gasteiger charge is 2.10. The van der Waals surface area contributed by atoms with Gasteiger partial charge in [0, 0.05) is 12.2 Å². The number of ether oxygens (including phenoxy) is 7. The predicted molar refractivity (Wildman–Crippen MR) is 217 cm³/mol. The van der Waals surface area contributed by atoms with Crippen LogP contribution in [0.2, 0.25) is 0 Å². The fraction of sp³-hybridized carbons (Fsp3) is 0.283. The molecule has 0 spiro atoms. The first-order valence-electron chi connectivity index (χ1n) is 18.9. The molecule has 0 saturated heterocycles. The molecule has 58 heavy (non-hydrogen) atoms. The van der Waals surface area contributed by atoms with Gasteiger partial charge in [0.15, 0.2) is 0 Å². The van der Waals surface area contributed by atoms with Crippen LogP contribution in [0.1, 0.15) is 77.6 Å². The molecule has 0 unspecified atom stereocenters. The predicted octanol–water partition coefficient (Wildman–Crippen LogP) is 9.03. The van der Waals surface area contributed by atoms with Crippen molar-refractivity contribution in [1.29, 1.82) is 5.26 Å². The zero-order chi connectivity index (χ0) is 41.8. The van der Waals surface area contributed by atoms with Crippen LogP contribution in [0, 0.1) is 11.3 Å². The number of rotatable bonds is 23. The second-order valence-electron chi connectivity index (χ2n) is 12.4. The molecule has 0 aliphatic heterocycles. The van der Waals surface area contributed by atoms with Crippen molar-refractivity contribution in [3.8, 4) is 34.8 Å². The van der Waals surface area contributed by atoms with Crippen molar-refractivity contribution in [2.24, 2.45) is 0 Å². The number of carbonyl (C=O) groups is 4. The van der Waals surface area contributed by atoms with Crippen LogP contribution in [0.5, 0.6) is 28.7 Å². The summed E-state index contributed by atoms with van der Waals surface area (Å²) in [7, 11) is 1.58. The molecule has 4 aromatic carbocycles. The lowest BCUT2D eigenvalue weighted by molar-refractivity contribution is -0.138. The quantitative estimate of drug-likeness (QED) is 0.0304. The van der Waals surface area contributed by atoms with E-state index in [1.165, 1.54) is 0 Å². The van der Waals surface area contributed by atoms with Crippen LogP contribution in [0.25, 0.3) is 0 Å². The van der Waals surface area contributed by atoms with Gasteiger partial charge >= 0.3 is 23.9 Å². The molecule has 304 valence electrons. The van der Waals surface area contributed by atoms with Gasteiger partial charge in [-0.3, -0.25) is 0 Å². The summed E-state index contributed by atoms with van der Waals surface area (Å²) >= 11 is 0. The Hall–Kier alpha value is -6.87. The monoisotopic (exact) mass is 791 g/mol. The van der Waals surface area contributed by atoms with Gasteiger partial charge in [0.1, 0.15) is 28.7 Å². The van der Waals surface area contributed by atoms with E-state index in [9.17, 15) is 19.2 Å². The van der Waals surface area contributed by atoms with Crippen molar-refractivity contribution in [1.82, 2.24) is 0 Å². The van der Waals surface area contributed by atoms with Gasteiger partial charge in [0.25, 0.3) is 0 Å². The third-order valence-electron chi connectivity index (χ3n) is 8.08. The summed E-state index contributed by atoms with van der Waals surface area (Å²) in [5.74, 6) is 1.23. The normalized spacial score (nSPS) is 10.0. The first kappa shape index (κ1) is 45.5. The Morgan fingerprint density at radius 2 is 0.845 bits per heavy atom. The summed E-state index contributed by atoms with van der Waals surface area (Å²) in [6.45, 7) is 8.67. The van der Waals surface area contributed by atoms with Gasteiger partial charge in [-0.15, -0.1) is 0 Å². The maximum absolute atomic E-state index is 12.2. The van der Waals surface area contributed by atoms with Crippen LogP contribution in [-0.2, 0) is 19.1 Å². The Bertz CT molecular complexity index is 1920. The molecule has 4 rings (SSSR count).